The van der Waals surface area contributed by atoms with Gasteiger partial charge < -0.3 is 14.8 Å². The summed E-state index contributed by atoms with van der Waals surface area (Å²) in [6, 6.07) is 4.92. The molecule has 0 amide bonds. The molecule has 0 unspecified atom stereocenters. The fourth-order valence-corrected chi connectivity index (χ4v) is 3.83. The zero-order valence-corrected chi connectivity index (χ0v) is 18.6. The Morgan fingerprint density at radius 1 is 1.26 bits per heavy atom. The second-order valence-corrected chi connectivity index (χ2v) is 7.99. The smallest absolute Gasteiger partial charge is 0.491 e. The predicted octanol–water partition coefficient (Wildman–Crippen LogP) is 3.67. The van der Waals surface area contributed by atoms with Crippen LogP contribution >= 0.6 is 11.6 Å². The number of carbonyl (C=O) groups excluding carboxylic acids is 1. The molecule has 1 N–H and O–H groups in total. The highest BCUT2D eigenvalue weighted by Crippen LogP contribution is 2.39. The van der Waals surface area contributed by atoms with Gasteiger partial charge in [0.15, 0.2) is 5.15 Å². The van der Waals surface area contributed by atoms with E-state index in [-0.39, 0.29) is 33.8 Å². The highest BCUT2D eigenvalue weighted by atomic mass is 35.5. The van der Waals surface area contributed by atoms with Gasteiger partial charge in [-0.2, -0.15) is 18.3 Å². The van der Waals surface area contributed by atoms with E-state index < -0.39 is 23.8 Å². The standard InChI is InChI=1S/C21H15ClF4N6O3/c1-34-15-4-11(23)2-3-13(15)18-17(10-6-28-31(9-10)12-7-27-8-12)29-19(22)14-5-16(30-32(14)18)35-20(33)21(24,25)26/h2-6,9,12,27H,7-8H2,1H3. The van der Waals surface area contributed by atoms with Gasteiger partial charge >= 0.3 is 12.1 Å². The van der Waals surface area contributed by atoms with Crippen molar-refractivity contribution in [3.05, 3.63) is 47.6 Å². The first-order valence-corrected chi connectivity index (χ1v) is 10.5. The summed E-state index contributed by atoms with van der Waals surface area (Å²) in [5, 5.41) is 11.4. The molecule has 1 aliphatic heterocycles. The number of fused-ring (bicyclic) bond motifs is 1. The molecule has 1 fully saturated rings. The van der Waals surface area contributed by atoms with Crippen molar-refractivity contribution < 1.29 is 31.8 Å². The fraction of sp³-hybridized carbons (Fsp3) is 0.238. The van der Waals surface area contributed by atoms with Crippen molar-refractivity contribution in [3.8, 4) is 34.1 Å². The molecule has 35 heavy (non-hydrogen) atoms. The molecule has 5 rings (SSSR count). The van der Waals surface area contributed by atoms with Crippen LogP contribution in [-0.2, 0) is 4.79 Å². The maximum Gasteiger partial charge on any atom is 0.491 e. The van der Waals surface area contributed by atoms with Gasteiger partial charge in [-0.3, -0.25) is 4.68 Å². The average molecular weight is 511 g/mol. The lowest BCUT2D eigenvalue weighted by molar-refractivity contribution is -0.190. The Hall–Kier alpha value is -3.71. The summed E-state index contributed by atoms with van der Waals surface area (Å²) in [6.07, 6.45) is -1.93. The number of ether oxygens (including phenoxy) is 2. The lowest BCUT2D eigenvalue weighted by atomic mass is 10.0. The van der Waals surface area contributed by atoms with Gasteiger partial charge in [0.25, 0.3) is 0 Å². The van der Waals surface area contributed by atoms with E-state index in [9.17, 15) is 22.4 Å². The summed E-state index contributed by atoms with van der Waals surface area (Å²) >= 11 is 6.35. The van der Waals surface area contributed by atoms with E-state index in [1.807, 2.05) is 0 Å². The van der Waals surface area contributed by atoms with Gasteiger partial charge in [-0.05, 0) is 12.1 Å². The first-order valence-electron chi connectivity index (χ1n) is 10.1. The van der Waals surface area contributed by atoms with Crippen LogP contribution in [0.4, 0.5) is 17.6 Å². The number of alkyl halides is 3. The molecule has 0 atom stereocenters. The summed E-state index contributed by atoms with van der Waals surface area (Å²) in [6.45, 7) is 1.47. The summed E-state index contributed by atoms with van der Waals surface area (Å²) in [5.74, 6) is -3.55. The van der Waals surface area contributed by atoms with E-state index in [0.717, 1.165) is 25.2 Å². The monoisotopic (exact) mass is 510 g/mol. The first-order chi connectivity index (χ1) is 16.7. The number of hydrogen-bond acceptors (Lipinski definition) is 7. The van der Waals surface area contributed by atoms with Gasteiger partial charge in [0.1, 0.15) is 28.5 Å². The minimum atomic E-state index is -5.23. The maximum atomic E-state index is 13.9. The quantitative estimate of drug-likeness (QED) is 0.323. The topological polar surface area (TPSA) is 95.6 Å². The SMILES string of the molecule is COc1cc(F)ccc1-c1c(-c2cnn(C3CNC3)c2)nc(Cl)c2cc(OC(=O)C(F)(F)F)nn12. The number of halogens is 5. The van der Waals surface area contributed by atoms with E-state index >= 15 is 0 Å². The van der Waals surface area contributed by atoms with Crippen molar-refractivity contribution in [1.82, 2.24) is 29.7 Å². The number of carbonyl (C=O) groups is 1. The third-order valence-electron chi connectivity index (χ3n) is 5.40. The molecule has 14 heteroatoms. The molecule has 1 aromatic carbocycles. The number of esters is 1. The number of rotatable bonds is 5. The molecule has 0 bridgehead atoms. The molecule has 0 spiro atoms. The Morgan fingerprint density at radius 3 is 2.69 bits per heavy atom. The molecule has 182 valence electrons. The average Bonchev–Trinajstić information content (AvgIpc) is 3.40. The number of benzene rings is 1. The summed E-state index contributed by atoms with van der Waals surface area (Å²) < 4.78 is 64.7. The first kappa shape index (κ1) is 23.1. The third-order valence-corrected chi connectivity index (χ3v) is 5.68. The summed E-state index contributed by atoms with van der Waals surface area (Å²) in [5.41, 5.74) is 1.35. The summed E-state index contributed by atoms with van der Waals surface area (Å²) in [7, 11) is 1.33. The van der Waals surface area contributed by atoms with Crippen molar-refractivity contribution in [2.75, 3.05) is 20.2 Å². The van der Waals surface area contributed by atoms with Crippen LogP contribution in [0.15, 0.2) is 36.7 Å². The van der Waals surface area contributed by atoms with Crippen molar-refractivity contribution >= 4 is 23.1 Å². The zero-order chi connectivity index (χ0) is 24.9. The molecule has 4 aromatic rings. The van der Waals surface area contributed by atoms with E-state index in [1.165, 1.54) is 23.8 Å². The Bertz CT molecular complexity index is 1450. The lowest BCUT2D eigenvalue weighted by Gasteiger charge is -2.27. The predicted molar refractivity (Wildman–Crippen MR) is 115 cm³/mol. The van der Waals surface area contributed by atoms with Gasteiger partial charge in [0.2, 0.25) is 5.88 Å². The molecular weight excluding hydrogens is 496 g/mol. The summed E-state index contributed by atoms with van der Waals surface area (Å²) in [4.78, 5) is 15.8. The molecule has 0 radical (unpaired) electrons. The highest BCUT2D eigenvalue weighted by Gasteiger charge is 2.42. The van der Waals surface area contributed by atoms with Gasteiger partial charge in [0, 0.05) is 42.5 Å². The van der Waals surface area contributed by atoms with Gasteiger partial charge in [0.05, 0.1) is 19.3 Å². The van der Waals surface area contributed by atoms with Crippen LogP contribution in [0, 0.1) is 5.82 Å². The van der Waals surface area contributed by atoms with Crippen LogP contribution in [0.5, 0.6) is 11.6 Å². The Balaban J connectivity index is 1.73. The minimum absolute atomic E-state index is 0.0531. The van der Waals surface area contributed by atoms with Crippen LogP contribution in [-0.4, -0.2) is 56.7 Å². The van der Waals surface area contributed by atoms with Crippen LogP contribution in [0.25, 0.3) is 28.0 Å². The number of aromatic nitrogens is 5. The normalized spacial score (nSPS) is 14.2. The van der Waals surface area contributed by atoms with Gasteiger partial charge in [-0.15, -0.1) is 5.10 Å². The number of nitrogens with zero attached hydrogens (tertiary/aromatic N) is 5. The molecule has 3 aromatic heterocycles. The number of methoxy groups -OCH3 is 1. The Morgan fingerprint density at radius 2 is 2.03 bits per heavy atom. The van der Waals surface area contributed by atoms with Crippen LogP contribution in [0.1, 0.15) is 6.04 Å². The van der Waals surface area contributed by atoms with E-state index in [1.54, 1.807) is 17.1 Å². The van der Waals surface area contributed by atoms with Crippen LogP contribution < -0.4 is 14.8 Å². The largest absolute Gasteiger partial charge is 0.496 e. The Labute approximate surface area is 199 Å². The van der Waals surface area contributed by atoms with E-state index in [0.29, 0.717) is 11.1 Å². The van der Waals surface area contributed by atoms with Crippen molar-refractivity contribution in [3.63, 3.8) is 0 Å². The third kappa shape index (κ3) is 4.17. The Kier molecular flexibility index (Phi) is 5.60. The van der Waals surface area contributed by atoms with Gasteiger partial charge in [-0.25, -0.2) is 18.7 Å². The van der Waals surface area contributed by atoms with Crippen molar-refractivity contribution in [2.24, 2.45) is 0 Å². The highest BCUT2D eigenvalue weighted by molar-refractivity contribution is 6.32. The van der Waals surface area contributed by atoms with Crippen LogP contribution in [0.2, 0.25) is 5.15 Å². The lowest BCUT2D eigenvalue weighted by Crippen LogP contribution is -2.43. The maximum absolute atomic E-state index is 13.9. The molecule has 0 saturated carbocycles. The molecule has 4 heterocycles. The van der Waals surface area contributed by atoms with E-state index in [4.69, 9.17) is 16.3 Å². The zero-order valence-electron chi connectivity index (χ0n) is 17.8. The van der Waals surface area contributed by atoms with Crippen molar-refractivity contribution in [1.29, 1.82) is 0 Å². The van der Waals surface area contributed by atoms with Crippen LogP contribution in [0.3, 0.4) is 0 Å². The molecule has 0 aliphatic carbocycles. The van der Waals surface area contributed by atoms with E-state index in [2.05, 4.69) is 25.2 Å². The fourth-order valence-electron chi connectivity index (χ4n) is 3.61. The second-order valence-electron chi connectivity index (χ2n) is 7.63. The van der Waals surface area contributed by atoms with Gasteiger partial charge in [-0.1, -0.05) is 11.6 Å². The molecular formula is C21H15ClF4N6O3. The number of hydrogen-bond donors (Lipinski definition) is 1. The molecule has 1 aliphatic rings. The second kappa shape index (κ2) is 8.50. The molecule has 1 saturated heterocycles. The van der Waals surface area contributed by atoms with Crippen molar-refractivity contribution in [2.45, 2.75) is 12.2 Å². The minimum Gasteiger partial charge on any atom is -0.496 e. The number of nitrogens with one attached hydrogen (secondary N) is 1. The molecule has 9 nitrogen and oxygen atoms in total.